The lowest BCUT2D eigenvalue weighted by Crippen LogP contribution is -2.15. The van der Waals surface area contributed by atoms with Gasteiger partial charge in [0.25, 0.3) is 5.91 Å². The van der Waals surface area contributed by atoms with Gasteiger partial charge in [-0.1, -0.05) is 23.2 Å². The summed E-state index contributed by atoms with van der Waals surface area (Å²) < 4.78 is 15.8. The van der Waals surface area contributed by atoms with Crippen molar-refractivity contribution in [3.05, 3.63) is 57.6 Å². The summed E-state index contributed by atoms with van der Waals surface area (Å²) in [5, 5.41) is 12.7. The van der Waals surface area contributed by atoms with Crippen LogP contribution in [0.4, 0.5) is 5.69 Å². The van der Waals surface area contributed by atoms with Gasteiger partial charge in [0.1, 0.15) is 11.6 Å². The van der Waals surface area contributed by atoms with Gasteiger partial charge in [0, 0.05) is 10.7 Å². The molecule has 2 aromatic carbocycles. The first kappa shape index (κ1) is 24.1. The lowest BCUT2D eigenvalue weighted by Gasteiger charge is -2.14. The lowest BCUT2D eigenvalue weighted by atomic mass is 10.1. The minimum atomic E-state index is -0.596. The van der Waals surface area contributed by atoms with E-state index in [2.05, 4.69) is 5.32 Å². The van der Waals surface area contributed by atoms with Crippen molar-refractivity contribution in [2.45, 2.75) is 13.8 Å². The van der Waals surface area contributed by atoms with E-state index in [-0.39, 0.29) is 35.3 Å². The molecule has 0 saturated heterocycles. The predicted molar refractivity (Wildman–Crippen MR) is 118 cm³/mol. The predicted octanol–water partition coefficient (Wildman–Crippen LogP) is 4.88. The number of nitrogens with one attached hydrogen (secondary N) is 1. The highest BCUT2D eigenvalue weighted by molar-refractivity contribution is 6.32. The molecular weight excluding hydrogens is 443 g/mol. The molecule has 2 rings (SSSR count). The summed E-state index contributed by atoms with van der Waals surface area (Å²) in [7, 11) is 0. The van der Waals surface area contributed by atoms with Crippen molar-refractivity contribution in [2.24, 2.45) is 0 Å². The number of esters is 1. The van der Waals surface area contributed by atoms with E-state index in [1.165, 1.54) is 12.1 Å². The normalized spacial score (nSPS) is 10.7. The zero-order chi connectivity index (χ0) is 22.8. The van der Waals surface area contributed by atoms with Crippen LogP contribution < -0.4 is 14.8 Å². The van der Waals surface area contributed by atoms with E-state index in [0.29, 0.717) is 22.9 Å². The Bertz CT molecular complexity index is 1010. The number of benzene rings is 2. The Kier molecular flexibility index (Phi) is 9.19. The minimum absolute atomic E-state index is 0.145. The van der Waals surface area contributed by atoms with Crippen LogP contribution in [-0.2, 0) is 14.3 Å². The lowest BCUT2D eigenvalue weighted by molar-refractivity contribution is -0.145. The summed E-state index contributed by atoms with van der Waals surface area (Å²) in [6, 6.07) is 11.4. The molecule has 1 amide bonds. The zero-order valence-electron chi connectivity index (χ0n) is 16.9. The van der Waals surface area contributed by atoms with Crippen molar-refractivity contribution in [1.29, 1.82) is 5.26 Å². The van der Waals surface area contributed by atoms with E-state index >= 15 is 0 Å². The maximum atomic E-state index is 12.5. The molecule has 0 aliphatic carbocycles. The van der Waals surface area contributed by atoms with Gasteiger partial charge in [0.15, 0.2) is 18.1 Å². The molecule has 0 spiro atoms. The molecule has 31 heavy (non-hydrogen) atoms. The van der Waals surface area contributed by atoms with Gasteiger partial charge < -0.3 is 19.5 Å². The van der Waals surface area contributed by atoms with E-state index in [4.69, 9.17) is 37.4 Å². The number of nitriles is 1. The number of amides is 1. The molecule has 7 nitrogen and oxygen atoms in total. The minimum Gasteiger partial charge on any atom is -0.490 e. The third-order valence-electron chi connectivity index (χ3n) is 3.75. The topological polar surface area (TPSA) is 97.7 Å². The Labute approximate surface area is 190 Å². The van der Waals surface area contributed by atoms with E-state index < -0.39 is 11.9 Å². The molecule has 0 saturated carbocycles. The number of nitrogens with zero attached hydrogens (tertiary/aromatic N) is 1. The first-order chi connectivity index (χ1) is 14.9. The average molecular weight is 463 g/mol. The third-order valence-corrected chi connectivity index (χ3v) is 4.28. The van der Waals surface area contributed by atoms with Crippen LogP contribution in [0.25, 0.3) is 6.08 Å². The number of carbonyl (C=O) groups is 2. The van der Waals surface area contributed by atoms with Crippen molar-refractivity contribution in [3.8, 4) is 17.6 Å². The number of rotatable bonds is 9. The molecule has 0 radical (unpaired) electrons. The molecule has 0 bridgehead atoms. The number of halogens is 2. The van der Waals surface area contributed by atoms with Crippen molar-refractivity contribution in [3.63, 3.8) is 0 Å². The number of anilines is 1. The number of hydrogen-bond donors (Lipinski definition) is 1. The van der Waals surface area contributed by atoms with Crippen LogP contribution in [0.3, 0.4) is 0 Å². The van der Waals surface area contributed by atoms with Crippen LogP contribution in [0.1, 0.15) is 19.4 Å². The fourth-order valence-corrected chi connectivity index (χ4v) is 2.85. The van der Waals surface area contributed by atoms with Gasteiger partial charge >= 0.3 is 5.97 Å². The molecule has 0 atom stereocenters. The summed E-state index contributed by atoms with van der Waals surface area (Å²) in [6.45, 7) is 3.66. The molecule has 0 fully saturated rings. The van der Waals surface area contributed by atoms with Gasteiger partial charge in [0.05, 0.1) is 18.2 Å². The van der Waals surface area contributed by atoms with Gasteiger partial charge in [0.2, 0.25) is 0 Å². The SMILES string of the molecule is CCOC(=O)COc1c(Cl)cc(/C=C(\C#N)C(=O)Nc2ccc(Cl)cc2)cc1OCC. The number of hydrogen-bond acceptors (Lipinski definition) is 6. The Morgan fingerprint density at radius 2 is 1.81 bits per heavy atom. The molecule has 1 N–H and O–H groups in total. The molecular formula is C22H20Cl2N2O5. The van der Waals surface area contributed by atoms with Crippen LogP contribution in [0.15, 0.2) is 42.0 Å². The Balaban J connectivity index is 2.27. The molecule has 9 heteroatoms. The molecule has 0 heterocycles. The van der Waals surface area contributed by atoms with Gasteiger partial charge in [-0.2, -0.15) is 5.26 Å². The molecule has 0 aliphatic heterocycles. The summed E-state index contributed by atoms with van der Waals surface area (Å²) in [5.41, 5.74) is 0.791. The van der Waals surface area contributed by atoms with Crippen LogP contribution in [-0.4, -0.2) is 31.7 Å². The van der Waals surface area contributed by atoms with Crippen molar-refractivity contribution >= 4 is 46.8 Å². The van der Waals surface area contributed by atoms with Crippen LogP contribution in [0, 0.1) is 11.3 Å². The fraction of sp³-hybridized carbons (Fsp3) is 0.227. The second-order valence-corrected chi connectivity index (χ2v) is 6.83. The third kappa shape index (κ3) is 7.21. The molecule has 162 valence electrons. The quantitative estimate of drug-likeness (QED) is 0.324. The van der Waals surface area contributed by atoms with Gasteiger partial charge in [-0.05, 0) is 61.9 Å². The van der Waals surface area contributed by atoms with Crippen molar-refractivity contribution in [2.75, 3.05) is 25.1 Å². The zero-order valence-corrected chi connectivity index (χ0v) is 18.4. The van der Waals surface area contributed by atoms with E-state index in [0.717, 1.165) is 0 Å². The monoisotopic (exact) mass is 462 g/mol. The Hall–Kier alpha value is -3.21. The molecule has 0 aliphatic rings. The van der Waals surface area contributed by atoms with E-state index in [1.54, 1.807) is 44.2 Å². The summed E-state index contributed by atoms with van der Waals surface area (Å²) in [4.78, 5) is 24.0. The van der Waals surface area contributed by atoms with Gasteiger partial charge in [-0.3, -0.25) is 4.79 Å². The number of ether oxygens (including phenoxy) is 3. The highest BCUT2D eigenvalue weighted by Crippen LogP contribution is 2.37. The summed E-state index contributed by atoms with van der Waals surface area (Å²) >= 11 is 12.1. The summed E-state index contributed by atoms with van der Waals surface area (Å²) in [6.07, 6.45) is 1.37. The number of carbonyl (C=O) groups excluding carboxylic acids is 2. The van der Waals surface area contributed by atoms with Crippen molar-refractivity contribution in [1.82, 2.24) is 0 Å². The maximum Gasteiger partial charge on any atom is 0.344 e. The van der Waals surface area contributed by atoms with Crippen LogP contribution >= 0.6 is 23.2 Å². The van der Waals surface area contributed by atoms with Crippen LogP contribution in [0.5, 0.6) is 11.5 Å². The Morgan fingerprint density at radius 1 is 1.10 bits per heavy atom. The highest BCUT2D eigenvalue weighted by Gasteiger charge is 2.16. The first-order valence-corrected chi connectivity index (χ1v) is 10.1. The highest BCUT2D eigenvalue weighted by atomic mass is 35.5. The second-order valence-electron chi connectivity index (χ2n) is 5.99. The van der Waals surface area contributed by atoms with Gasteiger partial charge in [-0.25, -0.2) is 4.79 Å². The fourth-order valence-electron chi connectivity index (χ4n) is 2.45. The largest absolute Gasteiger partial charge is 0.490 e. The molecule has 0 aromatic heterocycles. The van der Waals surface area contributed by atoms with E-state index in [9.17, 15) is 14.9 Å². The average Bonchev–Trinajstić information content (AvgIpc) is 2.73. The second kappa shape index (κ2) is 11.8. The molecule has 0 unspecified atom stereocenters. The van der Waals surface area contributed by atoms with Crippen molar-refractivity contribution < 1.29 is 23.8 Å². The maximum absolute atomic E-state index is 12.5. The first-order valence-electron chi connectivity index (χ1n) is 9.31. The smallest absolute Gasteiger partial charge is 0.344 e. The standard InChI is InChI=1S/C22H20Cl2N2O5/c1-3-29-19-11-14(10-18(24)21(19)31-13-20(27)30-4-2)9-15(12-25)22(28)26-17-7-5-16(23)6-8-17/h5-11H,3-4,13H2,1-2H3,(H,26,28)/b15-9+. The van der Waals surface area contributed by atoms with E-state index in [1.807, 2.05) is 6.07 Å². The summed E-state index contributed by atoms with van der Waals surface area (Å²) in [5.74, 6) is -0.712. The molecule has 2 aromatic rings. The van der Waals surface area contributed by atoms with Gasteiger partial charge in [-0.15, -0.1) is 0 Å². The Morgan fingerprint density at radius 3 is 2.42 bits per heavy atom. The van der Waals surface area contributed by atoms with Crippen LogP contribution in [0.2, 0.25) is 10.0 Å².